The third kappa shape index (κ3) is 7.07. The number of ether oxygens (including phenoxy) is 1. The summed E-state index contributed by atoms with van der Waals surface area (Å²) in [6.07, 6.45) is 0.989. The number of hydrogen-bond acceptors (Lipinski definition) is 5. The Morgan fingerprint density at radius 1 is 1.09 bits per heavy atom. The lowest BCUT2D eigenvalue weighted by molar-refractivity contribution is -0.115. The van der Waals surface area contributed by atoms with E-state index >= 15 is 0 Å². The van der Waals surface area contributed by atoms with Gasteiger partial charge in [-0.15, -0.1) is 11.3 Å². The zero-order chi connectivity index (χ0) is 23.1. The van der Waals surface area contributed by atoms with Gasteiger partial charge < -0.3 is 15.4 Å². The van der Waals surface area contributed by atoms with Gasteiger partial charge in [0.15, 0.2) is 0 Å². The Hall–Kier alpha value is -2.90. The Kier molecular flexibility index (Phi) is 7.88. The van der Waals surface area contributed by atoms with E-state index in [0.717, 1.165) is 11.4 Å². The average Bonchev–Trinajstić information content (AvgIpc) is 3.20. The zero-order valence-electron chi connectivity index (χ0n) is 18.3. The van der Waals surface area contributed by atoms with Crippen LogP contribution in [0.5, 0.6) is 5.75 Å². The third-order valence-corrected chi connectivity index (χ3v) is 6.01. The first-order valence-electron chi connectivity index (χ1n) is 10.3. The van der Waals surface area contributed by atoms with Crippen LogP contribution in [0.3, 0.4) is 0 Å². The number of amides is 2. The van der Waals surface area contributed by atoms with Gasteiger partial charge >= 0.3 is 0 Å². The van der Waals surface area contributed by atoms with Gasteiger partial charge in [-0.1, -0.05) is 18.5 Å². The molecule has 168 valence electrons. The van der Waals surface area contributed by atoms with Gasteiger partial charge in [-0.25, -0.2) is 4.98 Å². The van der Waals surface area contributed by atoms with E-state index in [0.29, 0.717) is 34.3 Å². The molecule has 3 rings (SSSR count). The first kappa shape index (κ1) is 23.8. The van der Waals surface area contributed by atoms with Crippen molar-refractivity contribution in [3.05, 3.63) is 75.2 Å². The van der Waals surface area contributed by atoms with E-state index in [2.05, 4.69) is 15.6 Å². The average molecular weight is 472 g/mol. The Balaban J connectivity index is 1.49. The van der Waals surface area contributed by atoms with E-state index < -0.39 is 0 Å². The second-order valence-corrected chi connectivity index (χ2v) is 9.35. The normalized spacial score (nSPS) is 11.1. The van der Waals surface area contributed by atoms with Crippen molar-refractivity contribution in [2.75, 3.05) is 5.32 Å². The highest BCUT2D eigenvalue weighted by Gasteiger charge is 2.18. The monoisotopic (exact) mass is 471 g/mol. The van der Waals surface area contributed by atoms with Crippen LogP contribution in [-0.2, 0) is 17.8 Å². The minimum atomic E-state index is -0.268. The second kappa shape index (κ2) is 10.6. The number of rotatable bonds is 9. The molecule has 0 saturated carbocycles. The van der Waals surface area contributed by atoms with E-state index in [1.54, 1.807) is 48.5 Å². The molecule has 0 spiro atoms. The van der Waals surface area contributed by atoms with Gasteiger partial charge in [0.25, 0.3) is 5.91 Å². The van der Waals surface area contributed by atoms with E-state index in [1.165, 1.54) is 11.3 Å². The number of halogens is 1. The van der Waals surface area contributed by atoms with Crippen LogP contribution in [0, 0.1) is 0 Å². The molecule has 32 heavy (non-hydrogen) atoms. The first-order valence-corrected chi connectivity index (χ1v) is 11.5. The number of aromatic nitrogens is 1. The lowest BCUT2D eigenvalue weighted by atomic mass is 10.0. The second-order valence-electron chi connectivity index (χ2n) is 7.97. The fourth-order valence-corrected chi connectivity index (χ4v) is 3.55. The highest BCUT2D eigenvalue weighted by molar-refractivity contribution is 7.09. The lowest BCUT2D eigenvalue weighted by Gasteiger charge is -2.24. The van der Waals surface area contributed by atoms with Crippen molar-refractivity contribution in [1.82, 2.24) is 10.3 Å². The van der Waals surface area contributed by atoms with Gasteiger partial charge in [0, 0.05) is 27.2 Å². The van der Waals surface area contributed by atoms with E-state index in [4.69, 9.17) is 16.3 Å². The highest BCUT2D eigenvalue weighted by Crippen LogP contribution is 2.19. The molecule has 0 aliphatic carbocycles. The molecular weight excluding hydrogens is 446 g/mol. The van der Waals surface area contributed by atoms with Gasteiger partial charge in [0.05, 0.1) is 12.1 Å². The molecule has 1 heterocycles. The fraction of sp³-hybridized carbons (Fsp3) is 0.292. The van der Waals surface area contributed by atoms with Gasteiger partial charge in [-0.05, 0) is 68.8 Å². The minimum Gasteiger partial charge on any atom is -0.486 e. The van der Waals surface area contributed by atoms with Crippen LogP contribution in [0.1, 0.15) is 48.3 Å². The van der Waals surface area contributed by atoms with Crippen LogP contribution in [0.15, 0.2) is 53.9 Å². The summed E-state index contributed by atoms with van der Waals surface area (Å²) in [5.74, 6) is 0.398. The quantitative estimate of drug-likeness (QED) is 0.433. The van der Waals surface area contributed by atoms with Crippen LogP contribution in [0.4, 0.5) is 5.69 Å². The molecule has 0 atom stereocenters. The smallest absolute Gasteiger partial charge is 0.251 e. The van der Waals surface area contributed by atoms with Gasteiger partial charge in [0.2, 0.25) is 5.91 Å². The number of carbonyl (C=O) groups excluding carboxylic acids is 2. The molecule has 2 amide bonds. The molecule has 6 nitrogen and oxygen atoms in total. The summed E-state index contributed by atoms with van der Waals surface area (Å²) in [4.78, 5) is 29.2. The van der Waals surface area contributed by atoms with E-state index in [1.807, 2.05) is 26.2 Å². The highest BCUT2D eigenvalue weighted by atomic mass is 35.5. The van der Waals surface area contributed by atoms with Crippen LogP contribution >= 0.6 is 22.9 Å². The number of thiazole rings is 1. The Bertz CT molecular complexity index is 1060. The predicted molar refractivity (Wildman–Crippen MR) is 129 cm³/mol. The molecule has 0 aliphatic heterocycles. The molecule has 0 bridgehead atoms. The van der Waals surface area contributed by atoms with Crippen LogP contribution in [0.2, 0.25) is 5.02 Å². The fourth-order valence-electron chi connectivity index (χ4n) is 2.71. The Labute approximate surface area is 197 Å². The number of nitrogens with one attached hydrogen (secondary N) is 2. The predicted octanol–water partition coefficient (Wildman–Crippen LogP) is 5.48. The van der Waals surface area contributed by atoms with Crippen LogP contribution in [0.25, 0.3) is 0 Å². The summed E-state index contributed by atoms with van der Waals surface area (Å²) in [5, 5.41) is 9.12. The molecule has 0 aliphatic rings. The van der Waals surface area contributed by atoms with Crippen molar-refractivity contribution < 1.29 is 14.3 Å². The van der Waals surface area contributed by atoms with Crippen molar-refractivity contribution in [3.63, 3.8) is 0 Å². The molecule has 0 radical (unpaired) electrons. The molecule has 0 fully saturated rings. The van der Waals surface area contributed by atoms with Crippen LogP contribution < -0.4 is 15.4 Å². The summed E-state index contributed by atoms with van der Waals surface area (Å²) in [6, 6.07) is 14.0. The SMILES string of the molecule is CCC(C)(C)NC(=O)c1ccc(NC(=O)Cc2csc(COc3ccc(Cl)cc3)n2)cc1. The number of anilines is 1. The first-order chi connectivity index (χ1) is 15.2. The number of nitrogens with zero attached hydrogens (tertiary/aromatic N) is 1. The number of hydrogen-bond donors (Lipinski definition) is 2. The summed E-state index contributed by atoms with van der Waals surface area (Å²) in [7, 11) is 0. The van der Waals surface area contributed by atoms with Crippen molar-refractivity contribution in [1.29, 1.82) is 0 Å². The maximum Gasteiger partial charge on any atom is 0.251 e. The Morgan fingerprint density at radius 2 is 1.78 bits per heavy atom. The third-order valence-electron chi connectivity index (χ3n) is 4.88. The largest absolute Gasteiger partial charge is 0.486 e. The van der Waals surface area contributed by atoms with E-state index in [9.17, 15) is 9.59 Å². The van der Waals surface area contributed by atoms with Gasteiger partial charge in [0.1, 0.15) is 17.4 Å². The molecule has 3 aromatic rings. The molecule has 8 heteroatoms. The van der Waals surface area contributed by atoms with Gasteiger partial charge in [-0.3, -0.25) is 9.59 Å². The minimum absolute atomic E-state index is 0.134. The summed E-state index contributed by atoms with van der Waals surface area (Å²) in [6.45, 7) is 6.31. The standard InChI is InChI=1S/C24H26ClN3O3S/c1-4-24(2,3)28-23(30)16-5-9-18(10-6-16)26-21(29)13-19-15-32-22(27-19)14-31-20-11-7-17(25)8-12-20/h5-12,15H,4,13-14H2,1-3H3,(H,26,29)(H,28,30). The van der Waals surface area contributed by atoms with Crippen molar-refractivity contribution >= 4 is 40.4 Å². The van der Waals surface area contributed by atoms with Crippen molar-refractivity contribution in [3.8, 4) is 5.75 Å². The molecule has 2 N–H and O–H groups in total. The van der Waals surface area contributed by atoms with Crippen molar-refractivity contribution in [2.45, 2.75) is 45.8 Å². The zero-order valence-corrected chi connectivity index (χ0v) is 19.8. The summed E-state index contributed by atoms with van der Waals surface area (Å²) in [5.41, 5.74) is 1.59. The maximum absolute atomic E-state index is 12.4. The topological polar surface area (TPSA) is 80.3 Å². The number of carbonyl (C=O) groups is 2. The molecule has 0 unspecified atom stereocenters. The molecule has 2 aromatic carbocycles. The lowest BCUT2D eigenvalue weighted by Crippen LogP contribution is -2.42. The molecular formula is C24H26ClN3O3S. The Morgan fingerprint density at radius 3 is 2.44 bits per heavy atom. The summed E-state index contributed by atoms with van der Waals surface area (Å²) < 4.78 is 5.68. The molecule has 0 saturated heterocycles. The van der Waals surface area contributed by atoms with Gasteiger partial charge in [-0.2, -0.15) is 0 Å². The number of benzene rings is 2. The maximum atomic E-state index is 12.4. The van der Waals surface area contributed by atoms with Crippen LogP contribution in [-0.4, -0.2) is 22.3 Å². The van der Waals surface area contributed by atoms with E-state index in [-0.39, 0.29) is 23.8 Å². The molecule has 1 aromatic heterocycles. The van der Waals surface area contributed by atoms with Crippen molar-refractivity contribution in [2.24, 2.45) is 0 Å². The summed E-state index contributed by atoms with van der Waals surface area (Å²) >= 11 is 7.31.